The molecule has 0 amide bonds. The average Bonchev–Trinajstić information content (AvgIpc) is 3.31. The molecule has 1 aliphatic heterocycles. The summed E-state index contributed by atoms with van der Waals surface area (Å²) in [4.78, 5) is 2.21. The summed E-state index contributed by atoms with van der Waals surface area (Å²) in [5.74, 6) is 2.09. The van der Waals surface area contributed by atoms with E-state index in [0.717, 1.165) is 43.6 Å². The number of hydrogen-bond donors (Lipinski definition) is 1. The van der Waals surface area contributed by atoms with Crippen LogP contribution in [0.5, 0.6) is 0 Å². The van der Waals surface area contributed by atoms with Crippen LogP contribution >= 0.6 is 11.8 Å². The maximum atomic E-state index is 12.1. The van der Waals surface area contributed by atoms with Gasteiger partial charge in [-0.25, -0.2) is 8.42 Å². The summed E-state index contributed by atoms with van der Waals surface area (Å²) in [5, 5.41) is 3.30. The lowest BCUT2D eigenvalue weighted by molar-refractivity contribution is 0.263. The molecule has 0 aromatic carbocycles. The number of nitrogens with zero attached hydrogens (tertiary/aromatic N) is 1. The Morgan fingerprint density at radius 1 is 1.19 bits per heavy atom. The highest BCUT2D eigenvalue weighted by Crippen LogP contribution is 2.22. The minimum Gasteiger partial charge on any atom is -0.314 e. The zero-order valence-electron chi connectivity index (χ0n) is 13.2. The number of unbranched alkanes of at least 4 members (excludes halogenated alkanes) is 3. The Morgan fingerprint density at radius 2 is 1.95 bits per heavy atom. The van der Waals surface area contributed by atoms with E-state index in [9.17, 15) is 8.42 Å². The van der Waals surface area contributed by atoms with Gasteiger partial charge < -0.3 is 5.32 Å². The third-order valence-electron chi connectivity index (χ3n) is 4.39. The van der Waals surface area contributed by atoms with Crippen LogP contribution in [0.3, 0.4) is 0 Å². The highest BCUT2D eigenvalue weighted by Gasteiger charge is 2.32. The summed E-state index contributed by atoms with van der Waals surface area (Å²) < 4.78 is 24.3. The molecule has 1 atom stereocenters. The lowest BCUT2D eigenvalue weighted by Crippen LogP contribution is -2.48. The zero-order valence-corrected chi connectivity index (χ0v) is 14.9. The van der Waals surface area contributed by atoms with Gasteiger partial charge in [-0.15, -0.1) is 0 Å². The van der Waals surface area contributed by atoms with Crippen molar-refractivity contribution in [3.05, 3.63) is 0 Å². The molecule has 1 aliphatic carbocycles. The molecular weight excluding hydrogens is 304 g/mol. The van der Waals surface area contributed by atoms with Crippen molar-refractivity contribution in [1.29, 1.82) is 0 Å². The largest absolute Gasteiger partial charge is 0.314 e. The highest BCUT2D eigenvalue weighted by atomic mass is 32.2. The number of sulfone groups is 1. The zero-order chi connectivity index (χ0) is 15.1. The molecule has 4 nitrogen and oxygen atoms in total. The van der Waals surface area contributed by atoms with E-state index in [1.807, 2.05) is 0 Å². The van der Waals surface area contributed by atoms with Crippen molar-refractivity contribution in [2.45, 2.75) is 56.9 Å². The van der Waals surface area contributed by atoms with Crippen molar-refractivity contribution in [2.75, 3.05) is 36.9 Å². The molecule has 2 rings (SSSR count). The third kappa shape index (κ3) is 6.08. The Kier molecular flexibility index (Phi) is 7.32. The van der Waals surface area contributed by atoms with Crippen LogP contribution in [-0.4, -0.2) is 61.6 Å². The Morgan fingerprint density at radius 3 is 2.67 bits per heavy atom. The molecule has 1 saturated heterocycles. The lowest BCUT2D eigenvalue weighted by atomic mass is 10.2. The van der Waals surface area contributed by atoms with Gasteiger partial charge in [0, 0.05) is 29.8 Å². The van der Waals surface area contributed by atoms with Crippen LogP contribution in [0.2, 0.25) is 0 Å². The Hall–Kier alpha value is 0.220. The van der Waals surface area contributed by atoms with Crippen LogP contribution in [0.1, 0.15) is 45.4 Å². The first kappa shape index (κ1) is 17.6. The van der Waals surface area contributed by atoms with Crippen molar-refractivity contribution in [1.82, 2.24) is 10.2 Å². The molecule has 21 heavy (non-hydrogen) atoms. The summed E-state index contributed by atoms with van der Waals surface area (Å²) in [7, 11) is -2.93. The van der Waals surface area contributed by atoms with Gasteiger partial charge in [0.25, 0.3) is 0 Å². The highest BCUT2D eigenvalue weighted by molar-refractivity contribution is 8.01. The molecule has 0 aromatic heterocycles. The second-order valence-corrected chi connectivity index (χ2v) is 9.76. The van der Waals surface area contributed by atoms with Gasteiger partial charge in [-0.2, -0.15) is 11.8 Å². The predicted molar refractivity (Wildman–Crippen MR) is 91.6 cm³/mol. The molecule has 6 heteroatoms. The van der Waals surface area contributed by atoms with Gasteiger partial charge in [0.05, 0.1) is 0 Å². The maximum Gasteiger partial charge on any atom is 0.166 e. The van der Waals surface area contributed by atoms with E-state index in [1.54, 1.807) is 18.7 Å². The van der Waals surface area contributed by atoms with E-state index in [4.69, 9.17) is 0 Å². The minimum atomic E-state index is -2.93. The van der Waals surface area contributed by atoms with E-state index in [1.165, 1.54) is 32.1 Å². The fourth-order valence-corrected chi connectivity index (χ4v) is 5.89. The molecule has 1 N–H and O–H groups in total. The summed E-state index contributed by atoms with van der Waals surface area (Å²) in [6, 6.07) is 0.816. The number of rotatable bonds is 10. The Bertz CT molecular complexity index is 396. The van der Waals surface area contributed by atoms with Gasteiger partial charge in [0.1, 0.15) is 5.37 Å². The average molecular weight is 335 g/mol. The first-order chi connectivity index (χ1) is 10.1. The normalized spacial score (nSPS) is 24.3. The second kappa shape index (κ2) is 8.75. The number of thioether (sulfide) groups is 1. The standard InChI is InChI=1S/C15H30N2O2S2/c1-2-21(18,19)15-13-20-12-11-17(15)10-6-4-3-5-9-16-14-7-8-14/h14-16H,2-13H2,1H3. The lowest BCUT2D eigenvalue weighted by Gasteiger charge is -2.34. The molecule has 0 spiro atoms. The van der Waals surface area contributed by atoms with Crippen molar-refractivity contribution in [2.24, 2.45) is 0 Å². The molecule has 124 valence electrons. The molecular formula is C15H30N2O2S2. The molecule has 1 heterocycles. The van der Waals surface area contributed by atoms with E-state index >= 15 is 0 Å². The van der Waals surface area contributed by atoms with Gasteiger partial charge >= 0.3 is 0 Å². The molecule has 2 fully saturated rings. The van der Waals surface area contributed by atoms with E-state index in [0.29, 0.717) is 0 Å². The topological polar surface area (TPSA) is 49.4 Å². The van der Waals surface area contributed by atoms with Crippen LogP contribution in [0, 0.1) is 0 Å². The van der Waals surface area contributed by atoms with Gasteiger partial charge in [-0.3, -0.25) is 4.90 Å². The number of nitrogens with one attached hydrogen (secondary N) is 1. The van der Waals surface area contributed by atoms with E-state index in [-0.39, 0.29) is 11.1 Å². The fourth-order valence-electron chi connectivity index (χ4n) is 2.78. The van der Waals surface area contributed by atoms with Crippen LogP contribution in [0.25, 0.3) is 0 Å². The van der Waals surface area contributed by atoms with Crippen molar-refractivity contribution >= 4 is 21.6 Å². The van der Waals surface area contributed by atoms with Crippen molar-refractivity contribution < 1.29 is 8.42 Å². The third-order valence-corrected chi connectivity index (χ3v) is 7.72. The fraction of sp³-hybridized carbons (Fsp3) is 1.00. The van der Waals surface area contributed by atoms with Crippen molar-refractivity contribution in [3.63, 3.8) is 0 Å². The van der Waals surface area contributed by atoms with Gasteiger partial charge in [0.2, 0.25) is 0 Å². The summed E-state index contributed by atoms with van der Waals surface area (Å²) in [6.07, 6.45) is 7.58. The summed E-state index contributed by atoms with van der Waals surface area (Å²) >= 11 is 1.78. The first-order valence-electron chi connectivity index (χ1n) is 8.40. The Balaban J connectivity index is 1.60. The molecule has 0 radical (unpaired) electrons. The molecule has 0 aromatic rings. The number of hydrogen-bond acceptors (Lipinski definition) is 5. The van der Waals surface area contributed by atoms with Gasteiger partial charge in [-0.05, 0) is 38.8 Å². The maximum absolute atomic E-state index is 12.1. The van der Waals surface area contributed by atoms with E-state index in [2.05, 4.69) is 10.2 Å². The van der Waals surface area contributed by atoms with Gasteiger partial charge in [-0.1, -0.05) is 19.8 Å². The van der Waals surface area contributed by atoms with Crippen LogP contribution in [0.15, 0.2) is 0 Å². The quantitative estimate of drug-likeness (QED) is 0.620. The monoisotopic (exact) mass is 334 g/mol. The molecule has 0 bridgehead atoms. The summed E-state index contributed by atoms with van der Waals surface area (Å²) in [6.45, 7) is 4.79. The van der Waals surface area contributed by atoms with Crippen molar-refractivity contribution in [3.8, 4) is 0 Å². The molecule has 1 saturated carbocycles. The SMILES string of the molecule is CCS(=O)(=O)C1CSCCN1CCCCCCNC1CC1. The minimum absolute atomic E-state index is 0.238. The predicted octanol–water partition coefficient (Wildman–Crippen LogP) is 2.11. The van der Waals surface area contributed by atoms with Crippen LogP contribution in [0.4, 0.5) is 0 Å². The van der Waals surface area contributed by atoms with E-state index < -0.39 is 9.84 Å². The summed E-state index contributed by atoms with van der Waals surface area (Å²) in [5.41, 5.74) is 0. The van der Waals surface area contributed by atoms with Crippen LogP contribution < -0.4 is 5.32 Å². The van der Waals surface area contributed by atoms with Crippen LogP contribution in [-0.2, 0) is 9.84 Å². The van der Waals surface area contributed by atoms with Gasteiger partial charge in [0.15, 0.2) is 9.84 Å². The molecule has 2 aliphatic rings. The molecule has 1 unspecified atom stereocenters. The second-order valence-electron chi connectivity index (χ2n) is 6.16. The first-order valence-corrected chi connectivity index (χ1v) is 11.3. The Labute approximate surface area is 134 Å². The smallest absolute Gasteiger partial charge is 0.166 e.